The molecule has 1 heterocycles. The number of hydrogen-bond acceptors (Lipinski definition) is 7. The minimum absolute atomic E-state index is 0. The van der Waals surface area contributed by atoms with Crippen LogP contribution in [-0.4, -0.2) is 52.2 Å². The summed E-state index contributed by atoms with van der Waals surface area (Å²) in [5.41, 5.74) is 0. The third-order valence-corrected chi connectivity index (χ3v) is 8.82. The zero-order chi connectivity index (χ0) is 21.5. The lowest BCUT2D eigenvalue weighted by molar-refractivity contribution is -0.139. The van der Waals surface area contributed by atoms with E-state index in [0.717, 1.165) is 35.8 Å². The van der Waals surface area contributed by atoms with Gasteiger partial charge in [0.2, 0.25) is 0 Å². The summed E-state index contributed by atoms with van der Waals surface area (Å²) in [4.78, 5) is 31.2. The Morgan fingerprint density at radius 2 is 1.87 bits per heavy atom. The van der Waals surface area contributed by atoms with Crippen molar-refractivity contribution in [3.8, 4) is 0 Å². The summed E-state index contributed by atoms with van der Waals surface area (Å²) in [5.74, 6) is 0.720. The number of thiazole rings is 1. The fourth-order valence-electron chi connectivity index (χ4n) is 4.40. The number of methoxy groups -OCH3 is 1. The van der Waals surface area contributed by atoms with E-state index in [9.17, 15) is 9.59 Å². The number of amides is 2. The third-order valence-electron chi connectivity index (χ3n) is 6.11. The molecule has 0 bridgehead atoms. The van der Waals surface area contributed by atoms with Crippen molar-refractivity contribution in [2.45, 2.75) is 86.4 Å². The maximum atomic E-state index is 13.3. The fraction of sp³-hybridized carbons (Fsp3) is 0.762. The average Bonchev–Trinajstić information content (AvgIpc) is 3.21. The summed E-state index contributed by atoms with van der Waals surface area (Å²) in [6.45, 7) is 2.31. The molecule has 10 heteroatoms. The Bertz CT molecular complexity index is 707. The van der Waals surface area contributed by atoms with Gasteiger partial charge in [-0.15, -0.1) is 23.4 Å². The van der Waals surface area contributed by atoms with Crippen LogP contribution in [0.25, 0.3) is 0 Å². The molecule has 0 aromatic carbocycles. The maximum Gasteiger partial charge on any atom is 0.324 e. The van der Waals surface area contributed by atoms with Gasteiger partial charge in [0, 0.05) is 17.8 Å². The number of halogens is 1. The molecule has 0 spiro atoms. The van der Waals surface area contributed by atoms with Gasteiger partial charge in [-0.3, -0.25) is 10.1 Å². The van der Waals surface area contributed by atoms with Crippen molar-refractivity contribution in [2.75, 3.05) is 18.2 Å². The topological polar surface area (TPSA) is 107 Å². The Morgan fingerprint density at radius 3 is 2.52 bits per heavy atom. The van der Waals surface area contributed by atoms with E-state index in [4.69, 9.17) is 11.6 Å². The quantitative estimate of drug-likeness (QED) is 0.279. The first-order chi connectivity index (χ1) is 14.5. The van der Waals surface area contributed by atoms with Crippen LogP contribution in [0, 0.1) is 5.92 Å². The fourth-order valence-corrected chi connectivity index (χ4v) is 6.47. The number of urea groups is 1. The number of nitrogens with zero attached hydrogens (tertiary/aromatic N) is 2. The minimum Gasteiger partial charge on any atom is -0.468 e. The van der Waals surface area contributed by atoms with E-state index in [0.29, 0.717) is 23.0 Å². The number of thioether (sulfide) groups is 1. The average molecular weight is 491 g/mol. The molecule has 0 unspecified atom stereocenters. The van der Waals surface area contributed by atoms with Gasteiger partial charge >= 0.3 is 12.0 Å². The van der Waals surface area contributed by atoms with Gasteiger partial charge in [0.15, 0.2) is 5.13 Å². The summed E-state index contributed by atoms with van der Waals surface area (Å²) in [6.07, 6.45) is 12.2. The SMILES string of the molecule is COC(=O)[C@H](Cl)CSc1cnc(NC(=O)N(C2CCCCC2)C2CCC(C)CC2)s1.N. The minimum atomic E-state index is -0.698. The summed E-state index contributed by atoms with van der Waals surface area (Å²) in [7, 11) is 1.33. The van der Waals surface area contributed by atoms with Crippen LogP contribution in [0.4, 0.5) is 9.93 Å². The van der Waals surface area contributed by atoms with Crippen molar-refractivity contribution in [1.82, 2.24) is 16.0 Å². The molecule has 2 aliphatic carbocycles. The largest absolute Gasteiger partial charge is 0.468 e. The van der Waals surface area contributed by atoms with Crippen LogP contribution in [0.1, 0.15) is 64.7 Å². The molecule has 31 heavy (non-hydrogen) atoms. The standard InChI is InChI=1S/C21H32ClN3O3S2.H3N/c1-14-8-10-16(11-9-14)25(15-6-4-3-5-7-15)21(27)24-20-23-12-18(30-20)29-13-17(22)19(26)28-2;/h12,14-17H,3-11,13H2,1-2H3,(H,23,24,27);1H3/t14?,16?,17-;/m1./s1. The van der Waals surface area contributed by atoms with Gasteiger partial charge in [0.05, 0.1) is 17.5 Å². The van der Waals surface area contributed by atoms with Crippen molar-refractivity contribution in [3.05, 3.63) is 6.20 Å². The Labute approximate surface area is 198 Å². The van der Waals surface area contributed by atoms with Gasteiger partial charge in [0.1, 0.15) is 5.38 Å². The molecule has 4 N–H and O–H groups in total. The highest BCUT2D eigenvalue weighted by Crippen LogP contribution is 2.34. The number of aromatic nitrogens is 1. The zero-order valence-electron chi connectivity index (χ0n) is 18.5. The number of alkyl halides is 1. The molecule has 0 saturated heterocycles. The van der Waals surface area contributed by atoms with E-state index in [2.05, 4.69) is 26.9 Å². The summed E-state index contributed by atoms with van der Waals surface area (Å²) >= 11 is 8.87. The highest BCUT2D eigenvalue weighted by atomic mass is 35.5. The number of carbonyl (C=O) groups is 2. The predicted octanol–water partition coefficient (Wildman–Crippen LogP) is 5.92. The van der Waals surface area contributed by atoms with Gasteiger partial charge in [-0.1, -0.05) is 37.5 Å². The normalized spacial score (nSPS) is 22.8. The van der Waals surface area contributed by atoms with Crippen LogP contribution in [0.5, 0.6) is 0 Å². The second-order valence-corrected chi connectivity index (χ2v) is 11.2. The molecule has 3 rings (SSSR count). The lowest BCUT2D eigenvalue weighted by Crippen LogP contribution is -2.51. The van der Waals surface area contributed by atoms with Gasteiger partial charge in [-0.25, -0.2) is 9.78 Å². The van der Waals surface area contributed by atoms with E-state index < -0.39 is 11.3 Å². The Hall–Kier alpha value is -1.03. The first kappa shape index (κ1) is 26.2. The van der Waals surface area contributed by atoms with Crippen LogP contribution in [0.2, 0.25) is 0 Å². The molecule has 1 aromatic rings. The molecule has 2 fully saturated rings. The van der Waals surface area contributed by atoms with Gasteiger partial charge < -0.3 is 15.8 Å². The monoisotopic (exact) mass is 490 g/mol. The molecule has 2 amide bonds. The number of nitrogens with one attached hydrogen (secondary N) is 1. The second kappa shape index (κ2) is 12.9. The van der Waals surface area contributed by atoms with Crippen molar-refractivity contribution in [1.29, 1.82) is 0 Å². The predicted molar refractivity (Wildman–Crippen MR) is 129 cm³/mol. The van der Waals surface area contributed by atoms with Gasteiger partial charge in [-0.05, 0) is 44.4 Å². The molecule has 1 aromatic heterocycles. The van der Waals surface area contributed by atoms with Crippen LogP contribution < -0.4 is 11.5 Å². The molecular weight excluding hydrogens is 456 g/mol. The van der Waals surface area contributed by atoms with Crippen molar-refractivity contribution < 1.29 is 14.3 Å². The highest BCUT2D eigenvalue weighted by Gasteiger charge is 2.34. The smallest absolute Gasteiger partial charge is 0.324 e. The summed E-state index contributed by atoms with van der Waals surface area (Å²) < 4.78 is 5.56. The van der Waals surface area contributed by atoms with E-state index >= 15 is 0 Å². The number of rotatable bonds is 7. The van der Waals surface area contributed by atoms with Crippen LogP contribution in [-0.2, 0) is 9.53 Å². The van der Waals surface area contributed by atoms with Crippen molar-refractivity contribution >= 4 is 51.8 Å². The van der Waals surface area contributed by atoms with E-state index in [1.54, 1.807) is 6.20 Å². The maximum absolute atomic E-state index is 13.3. The first-order valence-corrected chi connectivity index (χ1v) is 13.1. The second-order valence-electron chi connectivity index (χ2n) is 8.33. The Morgan fingerprint density at radius 1 is 1.23 bits per heavy atom. The Kier molecular flexibility index (Phi) is 10.9. The third kappa shape index (κ3) is 7.51. The summed E-state index contributed by atoms with van der Waals surface area (Å²) in [5, 5.41) is 2.94. The number of esters is 1. The Balaban J connectivity index is 0.00000341. The molecule has 2 saturated carbocycles. The number of anilines is 1. The van der Waals surface area contributed by atoms with E-state index in [-0.39, 0.29) is 12.2 Å². The van der Waals surface area contributed by atoms with Crippen molar-refractivity contribution in [2.24, 2.45) is 5.92 Å². The molecule has 7 nitrogen and oxygen atoms in total. The molecule has 2 aliphatic rings. The number of ether oxygens (including phenoxy) is 1. The molecule has 176 valence electrons. The number of hydrogen-bond donors (Lipinski definition) is 2. The highest BCUT2D eigenvalue weighted by molar-refractivity contribution is 8.01. The van der Waals surface area contributed by atoms with Crippen LogP contribution >= 0.6 is 34.7 Å². The summed E-state index contributed by atoms with van der Waals surface area (Å²) in [6, 6.07) is 0.648. The first-order valence-electron chi connectivity index (χ1n) is 10.9. The number of carbonyl (C=O) groups excluding carboxylic acids is 2. The molecule has 0 radical (unpaired) electrons. The van der Waals surface area contributed by atoms with Gasteiger partial charge in [0.25, 0.3) is 0 Å². The van der Waals surface area contributed by atoms with Crippen LogP contribution in [0.3, 0.4) is 0 Å². The molecule has 1 atom stereocenters. The molecule has 0 aliphatic heterocycles. The van der Waals surface area contributed by atoms with Gasteiger partial charge in [-0.2, -0.15) is 0 Å². The lowest BCUT2D eigenvalue weighted by Gasteiger charge is -2.42. The van der Waals surface area contributed by atoms with E-state index in [1.807, 2.05) is 0 Å². The van der Waals surface area contributed by atoms with Crippen molar-refractivity contribution in [3.63, 3.8) is 0 Å². The van der Waals surface area contributed by atoms with Crippen LogP contribution in [0.15, 0.2) is 10.4 Å². The zero-order valence-corrected chi connectivity index (χ0v) is 20.9. The molecular formula is C21H35ClN4O3S2. The van der Waals surface area contributed by atoms with E-state index in [1.165, 1.54) is 62.3 Å². The lowest BCUT2D eigenvalue weighted by atomic mass is 9.84.